The maximum Gasteiger partial charge on any atom is 0.320 e. The Balaban J connectivity index is 2.18. The predicted molar refractivity (Wildman–Crippen MR) is 73.6 cm³/mol. The van der Waals surface area contributed by atoms with Gasteiger partial charge in [-0.1, -0.05) is 0 Å². The lowest BCUT2D eigenvalue weighted by molar-refractivity contribution is -0.144. The first-order valence-electron chi connectivity index (χ1n) is 7.03. The molecule has 0 aromatic heterocycles. The molecule has 0 saturated carbocycles. The lowest BCUT2D eigenvalue weighted by Gasteiger charge is -2.33. The Morgan fingerprint density at radius 3 is 2.44 bits per heavy atom. The largest absolute Gasteiger partial charge is 0.465 e. The number of hydrogen-bond acceptors (Lipinski definition) is 4. The van der Waals surface area contributed by atoms with E-state index in [9.17, 15) is 4.79 Å². The monoisotopic (exact) mass is 256 g/mol. The maximum atomic E-state index is 11.4. The van der Waals surface area contributed by atoms with Gasteiger partial charge in [0.05, 0.1) is 13.2 Å². The molecule has 0 aromatic carbocycles. The number of rotatable bonds is 5. The van der Waals surface area contributed by atoms with Gasteiger partial charge in [0.1, 0.15) is 0 Å². The maximum absolute atomic E-state index is 11.4. The van der Waals surface area contributed by atoms with Gasteiger partial charge in [-0.3, -0.25) is 9.69 Å². The molecule has 1 aliphatic rings. The Hall–Kier alpha value is -0.610. The Kier molecular flexibility index (Phi) is 6.09. The molecule has 0 unspecified atom stereocenters. The lowest BCUT2D eigenvalue weighted by Crippen LogP contribution is -2.44. The van der Waals surface area contributed by atoms with Gasteiger partial charge in [-0.25, -0.2) is 0 Å². The fourth-order valence-corrected chi connectivity index (χ4v) is 2.19. The third kappa shape index (κ3) is 6.36. The van der Waals surface area contributed by atoms with E-state index >= 15 is 0 Å². The molecule has 1 rings (SSSR count). The van der Waals surface area contributed by atoms with E-state index in [4.69, 9.17) is 4.74 Å². The van der Waals surface area contributed by atoms with Crippen molar-refractivity contribution >= 4 is 5.97 Å². The van der Waals surface area contributed by atoms with Crippen molar-refractivity contribution < 1.29 is 9.53 Å². The highest BCUT2D eigenvalue weighted by Crippen LogP contribution is 2.17. The van der Waals surface area contributed by atoms with Crippen LogP contribution in [0, 0.1) is 5.92 Å². The van der Waals surface area contributed by atoms with Gasteiger partial charge in [0.2, 0.25) is 0 Å². The molecule has 0 aromatic rings. The van der Waals surface area contributed by atoms with Crippen LogP contribution >= 0.6 is 0 Å². The molecule has 1 saturated heterocycles. The van der Waals surface area contributed by atoms with Gasteiger partial charge in [0.25, 0.3) is 0 Å². The van der Waals surface area contributed by atoms with E-state index in [-0.39, 0.29) is 11.5 Å². The predicted octanol–water partition coefficient (Wildman–Crippen LogP) is 1.65. The van der Waals surface area contributed by atoms with Crippen LogP contribution in [0.15, 0.2) is 0 Å². The standard InChI is InChI=1S/C14H28N2O2/c1-5-18-13(17)11-16-8-6-12(7-9-16)10-15-14(2,3)4/h12,15H,5-11H2,1-4H3. The number of nitrogens with zero attached hydrogens (tertiary/aromatic N) is 1. The summed E-state index contributed by atoms with van der Waals surface area (Å²) in [6.07, 6.45) is 2.34. The van der Waals surface area contributed by atoms with E-state index in [0.29, 0.717) is 13.2 Å². The normalized spacial score (nSPS) is 18.9. The second-order valence-corrected chi connectivity index (χ2v) is 6.16. The summed E-state index contributed by atoms with van der Waals surface area (Å²) in [6.45, 7) is 12.5. The summed E-state index contributed by atoms with van der Waals surface area (Å²) in [6, 6.07) is 0. The van der Waals surface area contributed by atoms with E-state index in [1.165, 1.54) is 12.8 Å². The number of piperidine rings is 1. The quantitative estimate of drug-likeness (QED) is 0.760. The Labute approximate surface area is 111 Å². The summed E-state index contributed by atoms with van der Waals surface area (Å²) < 4.78 is 4.97. The molecule has 1 heterocycles. The average Bonchev–Trinajstić information content (AvgIpc) is 2.27. The first-order chi connectivity index (χ1) is 8.40. The molecule has 106 valence electrons. The minimum Gasteiger partial charge on any atom is -0.465 e. The van der Waals surface area contributed by atoms with Crippen LogP contribution in [0.3, 0.4) is 0 Å². The average molecular weight is 256 g/mol. The molecule has 0 radical (unpaired) electrons. The van der Waals surface area contributed by atoms with E-state index in [1.807, 2.05) is 6.92 Å². The summed E-state index contributed by atoms with van der Waals surface area (Å²) in [5.41, 5.74) is 0.196. The first-order valence-corrected chi connectivity index (χ1v) is 7.03. The second-order valence-electron chi connectivity index (χ2n) is 6.16. The number of likely N-dealkylation sites (tertiary alicyclic amines) is 1. The molecule has 18 heavy (non-hydrogen) atoms. The summed E-state index contributed by atoms with van der Waals surface area (Å²) in [7, 11) is 0. The Morgan fingerprint density at radius 2 is 1.94 bits per heavy atom. The smallest absolute Gasteiger partial charge is 0.320 e. The molecular weight excluding hydrogens is 228 g/mol. The molecule has 0 aliphatic carbocycles. The van der Waals surface area contributed by atoms with Crippen molar-refractivity contribution in [2.24, 2.45) is 5.92 Å². The molecule has 0 bridgehead atoms. The van der Waals surface area contributed by atoms with Crippen molar-refractivity contribution in [2.75, 3.05) is 32.8 Å². The fourth-order valence-electron chi connectivity index (χ4n) is 2.19. The minimum absolute atomic E-state index is 0.0937. The van der Waals surface area contributed by atoms with Crippen LogP contribution in [0.1, 0.15) is 40.5 Å². The lowest BCUT2D eigenvalue weighted by atomic mass is 9.95. The molecule has 0 spiro atoms. The molecule has 0 amide bonds. The van der Waals surface area contributed by atoms with Gasteiger partial charge < -0.3 is 10.1 Å². The number of nitrogens with one attached hydrogen (secondary N) is 1. The van der Waals surface area contributed by atoms with Crippen LogP contribution in [-0.4, -0.2) is 49.2 Å². The van der Waals surface area contributed by atoms with Gasteiger partial charge in [-0.05, 0) is 66.1 Å². The fraction of sp³-hybridized carbons (Fsp3) is 0.929. The number of ether oxygens (including phenoxy) is 1. The van der Waals surface area contributed by atoms with Crippen LogP contribution in [-0.2, 0) is 9.53 Å². The van der Waals surface area contributed by atoms with Crippen LogP contribution < -0.4 is 5.32 Å². The molecule has 1 fully saturated rings. The first kappa shape index (κ1) is 15.4. The Morgan fingerprint density at radius 1 is 1.33 bits per heavy atom. The number of esters is 1. The molecule has 0 atom stereocenters. The van der Waals surface area contributed by atoms with E-state index < -0.39 is 0 Å². The van der Waals surface area contributed by atoms with Crippen molar-refractivity contribution in [3.63, 3.8) is 0 Å². The second kappa shape index (κ2) is 7.10. The topological polar surface area (TPSA) is 41.6 Å². The zero-order valence-corrected chi connectivity index (χ0v) is 12.3. The van der Waals surface area contributed by atoms with Crippen LogP contribution in [0.4, 0.5) is 0 Å². The van der Waals surface area contributed by atoms with Gasteiger partial charge in [-0.15, -0.1) is 0 Å². The highest BCUT2D eigenvalue weighted by atomic mass is 16.5. The van der Waals surface area contributed by atoms with Crippen molar-refractivity contribution in [2.45, 2.75) is 46.1 Å². The summed E-state index contributed by atoms with van der Waals surface area (Å²) >= 11 is 0. The number of carbonyl (C=O) groups is 1. The highest BCUT2D eigenvalue weighted by molar-refractivity contribution is 5.71. The highest BCUT2D eigenvalue weighted by Gasteiger charge is 2.22. The molecule has 1 aliphatic heterocycles. The van der Waals surface area contributed by atoms with E-state index in [0.717, 1.165) is 25.6 Å². The number of hydrogen-bond donors (Lipinski definition) is 1. The summed E-state index contributed by atoms with van der Waals surface area (Å²) in [4.78, 5) is 13.6. The number of carbonyl (C=O) groups excluding carboxylic acids is 1. The van der Waals surface area contributed by atoms with Crippen molar-refractivity contribution in [3.8, 4) is 0 Å². The third-order valence-electron chi connectivity index (χ3n) is 3.29. The summed E-state index contributed by atoms with van der Waals surface area (Å²) in [5, 5.41) is 3.56. The zero-order valence-electron chi connectivity index (χ0n) is 12.3. The van der Waals surface area contributed by atoms with Crippen LogP contribution in [0.5, 0.6) is 0 Å². The van der Waals surface area contributed by atoms with E-state index in [1.54, 1.807) is 0 Å². The van der Waals surface area contributed by atoms with Gasteiger partial charge in [-0.2, -0.15) is 0 Å². The molecule has 1 N–H and O–H groups in total. The van der Waals surface area contributed by atoms with Gasteiger partial charge >= 0.3 is 5.97 Å². The summed E-state index contributed by atoms with van der Waals surface area (Å²) in [5.74, 6) is 0.645. The Bertz CT molecular complexity index is 253. The van der Waals surface area contributed by atoms with Crippen molar-refractivity contribution in [1.29, 1.82) is 0 Å². The van der Waals surface area contributed by atoms with E-state index in [2.05, 4.69) is 31.0 Å². The van der Waals surface area contributed by atoms with Gasteiger partial charge in [0.15, 0.2) is 0 Å². The van der Waals surface area contributed by atoms with Crippen molar-refractivity contribution in [3.05, 3.63) is 0 Å². The zero-order chi connectivity index (χ0) is 13.6. The molecule has 4 nitrogen and oxygen atoms in total. The van der Waals surface area contributed by atoms with Gasteiger partial charge in [0, 0.05) is 5.54 Å². The SMILES string of the molecule is CCOC(=O)CN1CCC(CNC(C)(C)C)CC1. The molecule has 4 heteroatoms. The third-order valence-corrected chi connectivity index (χ3v) is 3.29. The minimum atomic E-state index is -0.0937. The molecular formula is C14H28N2O2. The van der Waals surface area contributed by atoms with Crippen LogP contribution in [0.25, 0.3) is 0 Å². The van der Waals surface area contributed by atoms with Crippen molar-refractivity contribution in [1.82, 2.24) is 10.2 Å². The van der Waals surface area contributed by atoms with Crippen LogP contribution in [0.2, 0.25) is 0 Å².